The van der Waals surface area contributed by atoms with Crippen LogP contribution >= 0.6 is 12.2 Å². The molecule has 1 aromatic rings. The second-order valence-electron chi connectivity index (χ2n) is 4.85. The summed E-state index contributed by atoms with van der Waals surface area (Å²) in [6, 6.07) is 1.03. The largest absolute Gasteiger partial charge is 0.334 e. The highest BCUT2D eigenvalue weighted by Crippen LogP contribution is 2.27. The van der Waals surface area contributed by atoms with Gasteiger partial charge in [0.1, 0.15) is 0 Å². The van der Waals surface area contributed by atoms with Gasteiger partial charge in [-0.15, -0.1) is 0 Å². The average Bonchev–Trinajstić information content (AvgIpc) is 2.69. The van der Waals surface area contributed by atoms with E-state index in [1.165, 1.54) is 25.7 Å². The van der Waals surface area contributed by atoms with Crippen molar-refractivity contribution in [3.05, 3.63) is 18.2 Å². The van der Waals surface area contributed by atoms with E-state index in [0.29, 0.717) is 12.1 Å². The SMILES string of the molecule is Cc1cn(C2CCCC(N=C=S)CCC2)cn1. The minimum atomic E-state index is 0.415. The highest BCUT2D eigenvalue weighted by Gasteiger charge is 2.17. The smallest absolute Gasteiger partial charge is 0.0951 e. The Balaban J connectivity index is 1.94. The number of aryl methyl sites for hydroxylation is 1. The molecule has 4 heteroatoms. The molecule has 1 heterocycles. The normalized spacial score (nSPS) is 25.7. The van der Waals surface area contributed by atoms with E-state index in [2.05, 4.69) is 38.1 Å². The van der Waals surface area contributed by atoms with Gasteiger partial charge in [-0.25, -0.2) is 9.98 Å². The summed E-state index contributed by atoms with van der Waals surface area (Å²) in [4.78, 5) is 8.54. The average molecular weight is 249 g/mol. The summed E-state index contributed by atoms with van der Waals surface area (Å²) < 4.78 is 2.28. The number of isothiocyanates is 1. The molecule has 2 rings (SSSR count). The van der Waals surface area contributed by atoms with Crippen molar-refractivity contribution in [2.45, 2.75) is 57.5 Å². The van der Waals surface area contributed by atoms with Crippen molar-refractivity contribution in [3.63, 3.8) is 0 Å². The Hall–Kier alpha value is -0.990. The van der Waals surface area contributed by atoms with Crippen LogP contribution in [0.5, 0.6) is 0 Å². The Bertz CT molecular complexity index is 397. The van der Waals surface area contributed by atoms with Gasteiger partial charge in [0.2, 0.25) is 0 Å². The fourth-order valence-corrected chi connectivity index (χ4v) is 2.76. The zero-order valence-electron chi connectivity index (χ0n) is 10.3. The van der Waals surface area contributed by atoms with Gasteiger partial charge in [0.15, 0.2) is 0 Å². The summed E-state index contributed by atoms with van der Waals surface area (Å²) in [5.41, 5.74) is 1.11. The Morgan fingerprint density at radius 2 is 2.06 bits per heavy atom. The van der Waals surface area contributed by atoms with E-state index in [1.807, 2.05) is 13.3 Å². The maximum atomic E-state index is 4.68. The van der Waals surface area contributed by atoms with Crippen LogP contribution in [0.3, 0.4) is 0 Å². The number of thiocarbonyl (C=S) groups is 1. The molecule has 0 spiro atoms. The standard InChI is InChI=1S/C13H19N3S/c1-11-8-16(9-14-11)13-6-2-4-12(15-10-17)5-3-7-13/h8-9,12-13H,2-7H2,1H3. The molecular weight excluding hydrogens is 230 g/mol. The van der Waals surface area contributed by atoms with Crippen LogP contribution in [0, 0.1) is 6.92 Å². The molecule has 3 nitrogen and oxygen atoms in total. The number of nitrogens with zero attached hydrogens (tertiary/aromatic N) is 3. The number of hydrogen-bond acceptors (Lipinski definition) is 3. The second-order valence-corrected chi connectivity index (χ2v) is 5.03. The van der Waals surface area contributed by atoms with E-state index in [0.717, 1.165) is 18.5 Å². The molecule has 0 atom stereocenters. The van der Waals surface area contributed by atoms with Crippen LogP contribution in [-0.2, 0) is 0 Å². The van der Waals surface area contributed by atoms with Crippen LogP contribution in [0.4, 0.5) is 0 Å². The number of aromatic nitrogens is 2. The molecule has 0 aromatic carbocycles. The Kier molecular flexibility index (Phi) is 4.46. The fraction of sp³-hybridized carbons (Fsp3) is 0.692. The molecule has 1 aliphatic rings. The van der Waals surface area contributed by atoms with Crippen molar-refractivity contribution in [2.75, 3.05) is 0 Å². The molecule has 17 heavy (non-hydrogen) atoms. The minimum absolute atomic E-state index is 0.415. The van der Waals surface area contributed by atoms with Gasteiger partial charge in [-0.05, 0) is 57.7 Å². The zero-order valence-corrected chi connectivity index (χ0v) is 11.1. The summed E-state index contributed by atoms with van der Waals surface area (Å²) in [5, 5.41) is 2.52. The maximum Gasteiger partial charge on any atom is 0.0951 e. The third-order valence-corrected chi connectivity index (χ3v) is 3.64. The van der Waals surface area contributed by atoms with Gasteiger partial charge in [-0.1, -0.05) is 0 Å². The number of imidazole rings is 1. The van der Waals surface area contributed by atoms with E-state index in [-0.39, 0.29) is 0 Å². The first-order valence-electron chi connectivity index (χ1n) is 6.36. The molecule has 1 aromatic heterocycles. The number of hydrogen-bond donors (Lipinski definition) is 0. The summed E-state index contributed by atoms with van der Waals surface area (Å²) in [6.45, 7) is 2.05. The van der Waals surface area contributed by atoms with Gasteiger partial charge < -0.3 is 4.57 Å². The quantitative estimate of drug-likeness (QED) is 0.592. The molecule has 0 N–H and O–H groups in total. The van der Waals surface area contributed by atoms with E-state index >= 15 is 0 Å². The minimum Gasteiger partial charge on any atom is -0.334 e. The highest BCUT2D eigenvalue weighted by molar-refractivity contribution is 7.78. The van der Waals surface area contributed by atoms with Crippen molar-refractivity contribution < 1.29 is 0 Å². The third kappa shape index (κ3) is 3.48. The van der Waals surface area contributed by atoms with Crippen LogP contribution in [0.2, 0.25) is 0 Å². The molecule has 0 aliphatic heterocycles. The summed E-state index contributed by atoms with van der Waals surface area (Å²) >= 11 is 4.68. The predicted octanol–water partition coefficient (Wildman–Crippen LogP) is 3.56. The first-order chi connectivity index (χ1) is 8.29. The molecule has 1 fully saturated rings. The van der Waals surface area contributed by atoms with Crippen LogP contribution in [0.15, 0.2) is 17.5 Å². The van der Waals surface area contributed by atoms with Crippen LogP contribution in [0.25, 0.3) is 0 Å². The zero-order chi connectivity index (χ0) is 12.1. The van der Waals surface area contributed by atoms with Crippen LogP contribution < -0.4 is 0 Å². The lowest BCUT2D eigenvalue weighted by Gasteiger charge is -2.23. The Morgan fingerprint density at radius 1 is 1.35 bits per heavy atom. The van der Waals surface area contributed by atoms with Crippen molar-refractivity contribution in [1.29, 1.82) is 0 Å². The van der Waals surface area contributed by atoms with Crippen molar-refractivity contribution in [1.82, 2.24) is 9.55 Å². The molecule has 0 amide bonds. The van der Waals surface area contributed by atoms with Gasteiger partial charge in [0.25, 0.3) is 0 Å². The lowest BCUT2D eigenvalue weighted by Crippen LogP contribution is -2.14. The molecule has 1 aliphatic carbocycles. The monoisotopic (exact) mass is 249 g/mol. The van der Waals surface area contributed by atoms with E-state index < -0.39 is 0 Å². The third-order valence-electron chi connectivity index (χ3n) is 3.54. The lowest BCUT2D eigenvalue weighted by molar-refractivity contribution is 0.354. The molecule has 0 bridgehead atoms. The van der Waals surface area contributed by atoms with Gasteiger partial charge >= 0.3 is 0 Å². The van der Waals surface area contributed by atoms with Crippen molar-refractivity contribution in [2.24, 2.45) is 4.99 Å². The van der Waals surface area contributed by atoms with E-state index in [9.17, 15) is 0 Å². The lowest BCUT2D eigenvalue weighted by atomic mass is 9.94. The van der Waals surface area contributed by atoms with Gasteiger partial charge in [-0.3, -0.25) is 0 Å². The van der Waals surface area contributed by atoms with Crippen LogP contribution in [-0.4, -0.2) is 20.8 Å². The van der Waals surface area contributed by atoms with Crippen molar-refractivity contribution in [3.8, 4) is 0 Å². The summed E-state index contributed by atoms with van der Waals surface area (Å²) in [6.07, 6.45) is 11.3. The Labute approximate surface area is 108 Å². The topological polar surface area (TPSA) is 30.2 Å². The van der Waals surface area contributed by atoms with Crippen LogP contribution in [0.1, 0.15) is 50.3 Å². The highest BCUT2D eigenvalue weighted by atomic mass is 32.1. The fourth-order valence-electron chi connectivity index (χ4n) is 2.61. The maximum absolute atomic E-state index is 4.68. The van der Waals surface area contributed by atoms with E-state index in [4.69, 9.17) is 0 Å². The first-order valence-corrected chi connectivity index (χ1v) is 6.77. The van der Waals surface area contributed by atoms with E-state index in [1.54, 1.807) is 0 Å². The molecule has 1 saturated carbocycles. The van der Waals surface area contributed by atoms with Gasteiger partial charge in [-0.2, -0.15) is 0 Å². The number of aliphatic imine (C=N–C) groups is 1. The summed E-state index contributed by atoms with van der Waals surface area (Å²) in [7, 11) is 0. The van der Waals surface area contributed by atoms with Gasteiger partial charge in [0, 0.05) is 12.2 Å². The van der Waals surface area contributed by atoms with Crippen molar-refractivity contribution >= 4 is 17.4 Å². The molecule has 0 radical (unpaired) electrons. The Morgan fingerprint density at radius 3 is 2.59 bits per heavy atom. The molecule has 0 saturated heterocycles. The van der Waals surface area contributed by atoms with Gasteiger partial charge in [0.05, 0.1) is 23.2 Å². The molecule has 0 unspecified atom stereocenters. The first kappa shape index (κ1) is 12.5. The summed E-state index contributed by atoms with van der Waals surface area (Å²) in [5.74, 6) is 0. The molecule has 92 valence electrons. The molecular formula is C13H19N3S. The number of rotatable bonds is 2. The predicted molar refractivity (Wildman–Crippen MR) is 72.5 cm³/mol. The second kappa shape index (κ2) is 6.08.